The minimum absolute atomic E-state index is 0.0533. The molecule has 0 atom stereocenters. The van der Waals surface area contributed by atoms with Gasteiger partial charge in [0, 0.05) is 0 Å². The van der Waals surface area contributed by atoms with Crippen LogP contribution in [0.25, 0.3) is 0 Å². The Morgan fingerprint density at radius 3 is 2.40 bits per heavy atom. The second-order valence-electron chi connectivity index (χ2n) is 5.00. The van der Waals surface area contributed by atoms with Gasteiger partial charge in [-0.05, 0) is 61.7 Å². The number of hydrogen-bond acceptors (Lipinski definition) is 3. The maximum absolute atomic E-state index is 9.41. The molecule has 2 aromatic rings. The monoisotopic (exact) mass is 271 g/mol. The third kappa shape index (κ3) is 4.00. The van der Waals surface area contributed by atoms with Crippen molar-refractivity contribution in [1.82, 2.24) is 5.32 Å². The highest BCUT2D eigenvalue weighted by atomic mass is 16.3. The molecule has 3 N–H and O–H groups in total. The molecule has 20 heavy (non-hydrogen) atoms. The molecule has 0 amide bonds. The van der Waals surface area contributed by atoms with E-state index in [1.54, 1.807) is 6.07 Å². The molecule has 0 radical (unpaired) electrons. The largest absolute Gasteiger partial charge is 0.504 e. The van der Waals surface area contributed by atoms with Gasteiger partial charge in [-0.1, -0.05) is 30.3 Å². The van der Waals surface area contributed by atoms with Crippen LogP contribution in [0, 0.1) is 6.92 Å². The molecule has 2 rings (SSSR count). The molecule has 0 aliphatic rings. The van der Waals surface area contributed by atoms with Gasteiger partial charge in [0.25, 0.3) is 0 Å². The Bertz CT molecular complexity index is 567. The van der Waals surface area contributed by atoms with E-state index < -0.39 is 0 Å². The summed E-state index contributed by atoms with van der Waals surface area (Å²) in [4.78, 5) is 0. The minimum atomic E-state index is -0.0683. The molecule has 0 heterocycles. The Kier molecular flexibility index (Phi) is 5.02. The van der Waals surface area contributed by atoms with E-state index in [1.807, 2.05) is 6.07 Å². The summed E-state index contributed by atoms with van der Waals surface area (Å²) >= 11 is 0. The van der Waals surface area contributed by atoms with Gasteiger partial charge in [0.1, 0.15) is 0 Å². The predicted molar refractivity (Wildman–Crippen MR) is 81.2 cm³/mol. The summed E-state index contributed by atoms with van der Waals surface area (Å²) in [5, 5.41) is 22.1. The standard InChI is InChI=1S/C17H21NO2/c1-13-4-2-3-5-15(13)9-11-18-10-8-14-6-7-16(19)17(20)12-14/h2-7,12,18-20H,8-11H2,1H3. The number of nitrogens with one attached hydrogen (secondary N) is 1. The fourth-order valence-electron chi connectivity index (χ4n) is 2.20. The molecule has 0 aliphatic heterocycles. The highest BCUT2D eigenvalue weighted by Crippen LogP contribution is 2.24. The quantitative estimate of drug-likeness (QED) is 0.559. The molecule has 3 heteroatoms. The van der Waals surface area contributed by atoms with Crippen molar-refractivity contribution in [1.29, 1.82) is 0 Å². The lowest BCUT2D eigenvalue weighted by Crippen LogP contribution is -2.20. The summed E-state index contributed by atoms with van der Waals surface area (Å²) in [7, 11) is 0. The van der Waals surface area contributed by atoms with Crippen molar-refractivity contribution in [2.45, 2.75) is 19.8 Å². The van der Waals surface area contributed by atoms with E-state index in [0.717, 1.165) is 31.5 Å². The topological polar surface area (TPSA) is 52.5 Å². The average molecular weight is 271 g/mol. The third-order valence-electron chi connectivity index (χ3n) is 3.46. The van der Waals surface area contributed by atoms with Crippen LogP contribution < -0.4 is 5.32 Å². The van der Waals surface area contributed by atoms with Crippen molar-refractivity contribution in [3.63, 3.8) is 0 Å². The summed E-state index contributed by atoms with van der Waals surface area (Å²) in [5.41, 5.74) is 3.73. The molecular formula is C17H21NO2. The van der Waals surface area contributed by atoms with Crippen LogP contribution in [0.3, 0.4) is 0 Å². The summed E-state index contributed by atoms with van der Waals surface area (Å²) in [5.74, 6) is -0.122. The SMILES string of the molecule is Cc1ccccc1CCNCCc1ccc(O)c(O)c1. The lowest BCUT2D eigenvalue weighted by atomic mass is 10.1. The second kappa shape index (κ2) is 6.96. The van der Waals surface area contributed by atoms with Crippen LogP contribution in [0.2, 0.25) is 0 Å². The fourth-order valence-corrected chi connectivity index (χ4v) is 2.20. The highest BCUT2D eigenvalue weighted by Gasteiger charge is 2.01. The second-order valence-corrected chi connectivity index (χ2v) is 5.00. The number of phenolic OH excluding ortho intramolecular Hbond substituents is 2. The van der Waals surface area contributed by atoms with E-state index in [1.165, 1.54) is 17.2 Å². The molecule has 0 saturated heterocycles. The zero-order chi connectivity index (χ0) is 14.4. The molecule has 0 fully saturated rings. The van der Waals surface area contributed by atoms with Crippen LogP contribution in [0.15, 0.2) is 42.5 Å². The highest BCUT2D eigenvalue weighted by molar-refractivity contribution is 5.40. The van der Waals surface area contributed by atoms with E-state index >= 15 is 0 Å². The Balaban J connectivity index is 1.71. The Labute approximate surface area is 119 Å². The molecule has 0 spiro atoms. The van der Waals surface area contributed by atoms with Crippen LogP contribution in [0.4, 0.5) is 0 Å². The molecule has 3 nitrogen and oxygen atoms in total. The van der Waals surface area contributed by atoms with E-state index in [4.69, 9.17) is 0 Å². The third-order valence-corrected chi connectivity index (χ3v) is 3.46. The Hall–Kier alpha value is -2.00. The van der Waals surface area contributed by atoms with Crippen molar-refractivity contribution in [3.05, 3.63) is 59.2 Å². The van der Waals surface area contributed by atoms with Gasteiger partial charge >= 0.3 is 0 Å². The van der Waals surface area contributed by atoms with Crippen molar-refractivity contribution in [2.75, 3.05) is 13.1 Å². The molecule has 0 unspecified atom stereocenters. The summed E-state index contributed by atoms with van der Waals surface area (Å²) in [6.07, 6.45) is 1.86. The molecule has 106 valence electrons. The zero-order valence-corrected chi connectivity index (χ0v) is 11.8. The first-order valence-electron chi connectivity index (χ1n) is 6.93. The first-order chi connectivity index (χ1) is 9.66. The number of aromatic hydroxyl groups is 2. The molecule has 2 aromatic carbocycles. The molecule has 0 saturated carbocycles. The maximum Gasteiger partial charge on any atom is 0.157 e. The van der Waals surface area contributed by atoms with Crippen molar-refractivity contribution >= 4 is 0 Å². The van der Waals surface area contributed by atoms with E-state index in [9.17, 15) is 10.2 Å². The van der Waals surface area contributed by atoms with Gasteiger partial charge in [-0.2, -0.15) is 0 Å². The number of aryl methyl sites for hydroxylation is 1. The van der Waals surface area contributed by atoms with Crippen LogP contribution in [0.1, 0.15) is 16.7 Å². The zero-order valence-electron chi connectivity index (χ0n) is 11.8. The number of rotatable bonds is 6. The average Bonchev–Trinajstić information content (AvgIpc) is 2.44. The van der Waals surface area contributed by atoms with E-state index in [-0.39, 0.29) is 11.5 Å². The molecule has 0 aliphatic carbocycles. The van der Waals surface area contributed by atoms with Gasteiger partial charge < -0.3 is 15.5 Å². The number of phenols is 2. The number of hydrogen-bond donors (Lipinski definition) is 3. The van der Waals surface area contributed by atoms with E-state index in [0.29, 0.717) is 0 Å². The molecule has 0 bridgehead atoms. The van der Waals surface area contributed by atoms with Gasteiger partial charge in [-0.3, -0.25) is 0 Å². The van der Waals surface area contributed by atoms with Crippen molar-refractivity contribution < 1.29 is 10.2 Å². The summed E-state index contributed by atoms with van der Waals surface area (Å²) in [6.45, 7) is 3.93. The summed E-state index contributed by atoms with van der Waals surface area (Å²) < 4.78 is 0. The molecule has 0 aromatic heterocycles. The van der Waals surface area contributed by atoms with Gasteiger partial charge in [0.15, 0.2) is 11.5 Å². The Morgan fingerprint density at radius 2 is 1.65 bits per heavy atom. The fraction of sp³-hybridized carbons (Fsp3) is 0.294. The first kappa shape index (κ1) is 14.4. The van der Waals surface area contributed by atoms with Gasteiger partial charge in [-0.25, -0.2) is 0 Å². The lowest BCUT2D eigenvalue weighted by Gasteiger charge is -2.08. The minimum Gasteiger partial charge on any atom is -0.504 e. The smallest absolute Gasteiger partial charge is 0.157 e. The Morgan fingerprint density at radius 1 is 0.900 bits per heavy atom. The lowest BCUT2D eigenvalue weighted by molar-refractivity contribution is 0.403. The first-order valence-corrected chi connectivity index (χ1v) is 6.93. The normalized spacial score (nSPS) is 10.7. The van der Waals surface area contributed by atoms with Gasteiger partial charge in [-0.15, -0.1) is 0 Å². The van der Waals surface area contributed by atoms with Crippen molar-refractivity contribution in [3.8, 4) is 11.5 Å². The van der Waals surface area contributed by atoms with Crippen molar-refractivity contribution in [2.24, 2.45) is 0 Å². The number of benzene rings is 2. The van der Waals surface area contributed by atoms with Crippen LogP contribution in [0.5, 0.6) is 11.5 Å². The van der Waals surface area contributed by atoms with Gasteiger partial charge in [0.2, 0.25) is 0 Å². The van der Waals surface area contributed by atoms with Gasteiger partial charge in [0.05, 0.1) is 0 Å². The maximum atomic E-state index is 9.41. The van der Waals surface area contributed by atoms with Crippen LogP contribution >= 0.6 is 0 Å². The predicted octanol–water partition coefficient (Wildman–Crippen LogP) is 2.78. The van der Waals surface area contributed by atoms with Crippen LogP contribution in [-0.2, 0) is 12.8 Å². The van der Waals surface area contributed by atoms with Crippen LogP contribution in [-0.4, -0.2) is 23.3 Å². The summed E-state index contributed by atoms with van der Waals surface area (Å²) in [6, 6.07) is 13.4. The molecular weight excluding hydrogens is 250 g/mol. The van der Waals surface area contributed by atoms with E-state index in [2.05, 4.69) is 36.5 Å².